The molecule has 0 saturated carbocycles. The summed E-state index contributed by atoms with van der Waals surface area (Å²) in [6.45, 7) is 0.585. The first-order valence-electron chi connectivity index (χ1n) is 10.5. The molecule has 1 amide bonds. The van der Waals surface area contributed by atoms with Crippen LogP contribution >= 0.6 is 0 Å². The van der Waals surface area contributed by atoms with E-state index in [0.717, 1.165) is 5.56 Å². The van der Waals surface area contributed by atoms with Crippen molar-refractivity contribution < 1.29 is 32.2 Å². The van der Waals surface area contributed by atoms with Crippen LogP contribution in [0, 0.1) is 0 Å². The number of carbonyl (C=O) groups is 1. The number of methoxy groups -OCH3 is 2. The maximum Gasteiger partial charge on any atom is 0.573 e. The van der Waals surface area contributed by atoms with Gasteiger partial charge in [0.05, 0.1) is 19.8 Å². The predicted octanol–water partition coefficient (Wildman–Crippen LogP) is 4.14. The van der Waals surface area contributed by atoms with Crippen LogP contribution in [-0.4, -0.2) is 50.1 Å². The second-order valence-electron chi connectivity index (χ2n) is 7.54. The van der Waals surface area contributed by atoms with Gasteiger partial charge in [0.1, 0.15) is 11.4 Å². The lowest BCUT2D eigenvalue weighted by Crippen LogP contribution is -2.32. The van der Waals surface area contributed by atoms with Crippen LogP contribution in [0.25, 0.3) is 0 Å². The third-order valence-corrected chi connectivity index (χ3v) is 4.89. The first-order chi connectivity index (χ1) is 16.7. The van der Waals surface area contributed by atoms with Crippen LogP contribution in [0.5, 0.6) is 11.6 Å². The molecule has 1 atom stereocenters. The second kappa shape index (κ2) is 11.5. The van der Waals surface area contributed by atoms with Gasteiger partial charge in [-0.05, 0) is 23.3 Å². The largest absolute Gasteiger partial charge is 0.573 e. The molecule has 0 radical (unpaired) electrons. The first kappa shape index (κ1) is 25.8. The highest BCUT2D eigenvalue weighted by Crippen LogP contribution is 2.25. The highest BCUT2D eigenvalue weighted by atomic mass is 19.4. The van der Waals surface area contributed by atoms with E-state index in [4.69, 9.17) is 9.47 Å². The number of nitrogens with one attached hydrogen (secondary N) is 1. The Bertz CT molecular complexity index is 1110. The number of hydrogen-bond acceptors (Lipinski definition) is 7. The third-order valence-electron chi connectivity index (χ3n) is 4.89. The molecule has 0 spiro atoms. The van der Waals surface area contributed by atoms with Gasteiger partial charge in [0.25, 0.3) is 5.91 Å². The number of aromatic nitrogens is 2. The van der Waals surface area contributed by atoms with Crippen molar-refractivity contribution in [3.63, 3.8) is 0 Å². The summed E-state index contributed by atoms with van der Waals surface area (Å²) in [5.74, 6) is -0.402. The van der Waals surface area contributed by atoms with Gasteiger partial charge in [-0.25, -0.2) is 4.98 Å². The zero-order valence-electron chi connectivity index (χ0n) is 19.4. The molecule has 35 heavy (non-hydrogen) atoms. The maximum absolute atomic E-state index is 13.1. The molecule has 0 saturated heterocycles. The van der Waals surface area contributed by atoms with Gasteiger partial charge in [0.2, 0.25) is 11.8 Å². The van der Waals surface area contributed by atoms with Crippen molar-refractivity contribution in [3.8, 4) is 11.6 Å². The predicted molar refractivity (Wildman–Crippen MR) is 122 cm³/mol. The van der Waals surface area contributed by atoms with Crippen LogP contribution in [0.3, 0.4) is 0 Å². The molecule has 3 aromatic rings. The molecule has 1 unspecified atom stereocenters. The molecular formula is C24H25F3N4O4. The molecule has 0 aliphatic carbocycles. The molecule has 0 fully saturated rings. The van der Waals surface area contributed by atoms with E-state index in [9.17, 15) is 18.0 Å². The number of ether oxygens (including phenoxy) is 3. The zero-order chi connectivity index (χ0) is 25.4. The van der Waals surface area contributed by atoms with Gasteiger partial charge in [-0.3, -0.25) is 4.79 Å². The topological polar surface area (TPSA) is 85.8 Å². The second-order valence-corrected chi connectivity index (χ2v) is 7.54. The van der Waals surface area contributed by atoms with Crippen LogP contribution in [0.2, 0.25) is 0 Å². The van der Waals surface area contributed by atoms with E-state index < -0.39 is 18.3 Å². The summed E-state index contributed by atoms with van der Waals surface area (Å²) < 4.78 is 51.6. The van der Waals surface area contributed by atoms with E-state index in [1.54, 1.807) is 11.9 Å². The Hall–Kier alpha value is -3.86. The summed E-state index contributed by atoms with van der Waals surface area (Å²) in [7, 11) is 4.68. The minimum atomic E-state index is -4.79. The fourth-order valence-corrected chi connectivity index (χ4v) is 3.25. The van der Waals surface area contributed by atoms with Crippen molar-refractivity contribution in [2.75, 3.05) is 32.8 Å². The van der Waals surface area contributed by atoms with Crippen LogP contribution in [0.15, 0.2) is 60.7 Å². The molecule has 0 bridgehead atoms. The standard InChI is InChI=1S/C24H25F3N4O4/c1-31(14-16-7-5-4-6-8-16)23-29-19(13-21(30-23)34-3)22(32)28-20(15-33-2)17-9-11-18(12-10-17)35-24(25,26)27/h4-13,20H,14-15H2,1-3H3,(H,28,32). The summed E-state index contributed by atoms with van der Waals surface area (Å²) in [6, 6.07) is 15.6. The maximum atomic E-state index is 13.1. The molecule has 0 aliphatic heterocycles. The van der Waals surface area contributed by atoms with Crippen LogP contribution in [-0.2, 0) is 11.3 Å². The fourth-order valence-electron chi connectivity index (χ4n) is 3.25. The summed E-state index contributed by atoms with van der Waals surface area (Å²) in [5.41, 5.74) is 1.62. The Balaban J connectivity index is 1.79. The number of nitrogens with zero attached hydrogens (tertiary/aromatic N) is 3. The minimum Gasteiger partial charge on any atom is -0.481 e. The van der Waals surface area contributed by atoms with E-state index in [0.29, 0.717) is 12.1 Å². The lowest BCUT2D eigenvalue weighted by atomic mass is 10.1. The van der Waals surface area contributed by atoms with Gasteiger partial charge >= 0.3 is 6.36 Å². The van der Waals surface area contributed by atoms with Gasteiger partial charge in [-0.2, -0.15) is 4.98 Å². The molecule has 11 heteroatoms. The fraction of sp³-hybridized carbons (Fsp3) is 0.292. The van der Waals surface area contributed by atoms with Crippen LogP contribution < -0.4 is 19.7 Å². The number of hydrogen-bond donors (Lipinski definition) is 1. The molecule has 1 aromatic heterocycles. The summed E-state index contributed by atoms with van der Waals surface area (Å²) in [6.07, 6.45) is -4.79. The monoisotopic (exact) mass is 490 g/mol. The Morgan fingerprint density at radius 2 is 1.74 bits per heavy atom. The molecular weight excluding hydrogens is 465 g/mol. The van der Waals surface area contributed by atoms with E-state index >= 15 is 0 Å². The Morgan fingerprint density at radius 3 is 2.34 bits per heavy atom. The van der Waals surface area contributed by atoms with Crippen molar-refractivity contribution in [2.45, 2.75) is 18.9 Å². The average molecular weight is 490 g/mol. The van der Waals surface area contributed by atoms with Gasteiger partial charge in [0.15, 0.2) is 0 Å². The average Bonchev–Trinajstić information content (AvgIpc) is 2.83. The normalized spacial score (nSPS) is 12.1. The number of benzene rings is 2. The Kier molecular flexibility index (Phi) is 8.48. The minimum absolute atomic E-state index is 0.0601. The SMILES string of the molecule is COCC(NC(=O)c1cc(OC)nc(N(C)Cc2ccccc2)n1)c1ccc(OC(F)(F)F)cc1. The number of rotatable bonds is 10. The molecule has 0 aliphatic rings. The molecule has 186 valence electrons. The Labute approximate surface area is 200 Å². The van der Waals surface area contributed by atoms with Crippen molar-refractivity contribution in [2.24, 2.45) is 0 Å². The smallest absolute Gasteiger partial charge is 0.481 e. The van der Waals surface area contributed by atoms with E-state index in [1.807, 2.05) is 30.3 Å². The van der Waals surface area contributed by atoms with Crippen molar-refractivity contribution in [3.05, 3.63) is 77.5 Å². The summed E-state index contributed by atoms with van der Waals surface area (Å²) in [5, 5.41) is 2.79. The van der Waals surface area contributed by atoms with Crippen LogP contribution in [0.1, 0.15) is 27.7 Å². The number of alkyl halides is 3. The quantitative estimate of drug-likeness (QED) is 0.457. The van der Waals surface area contributed by atoms with Crippen molar-refractivity contribution in [1.29, 1.82) is 0 Å². The van der Waals surface area contributed by atoms with E-state index in [1.165, 1.54) is 44.6 Å². The highest BCUT2D eigenvalue weighted by Gasteiger charge is 2.31. The number of carbonyl (C=O) groups excluding carboxylic acids is 1. The zero-order valence-corrected chi connectivity index (χ0v) is 19.4. The highest BCUT2D eigenvalue weighted by molar-refractivity contribution is 5.93. The number of amides is 1. The number of halogens is 3. The molecule has 8 nitrogen and oxygen atoms in total. The van der Waals surface area contributed by atoms with E-state index in [2.05, 4.69) is 20.0 Å². The number of anilines is 1. The Morgan fingerprint density at radius 1 is 1.06 bits per heavy atom. The van der Waals surface area contributed by atoms with Gasteiger partial charge in [-0.15, -0.1) is 13.2 Å². The van der Waals surface area contributed by atoms with Gasteiger partial charge in [-0.1, -0.05) is 42.5 Å². The van der Waals surface area contributed by atoms with E-state index in [-0.39, 0.29) is 29.9 Å². The third kappa shape index (κ3) is 7.57. The summed E-state index contributed by atoms with van der Waals surface area (Å²) in [4.78, 5) is 23.5. The molecule has 1 heterocycles. The molecule has 1 N–H and O–H groups in total. The lowest BCUT2D eigenvalue weighted by Gasteiger charge is -2.21. The van der Waals surface area contributed by atoms with Crippen molar-refractivity contribution in [1.82, 2.24) is 15.3 Å². The lowest BCUT2D eigenvalue weighted by molar-refractivity contribution is -0.274. The first-order valence-corrected chi connectivity index (χ1v) is 10.5. The van der Waals surface area contributed by atoms with Crippen LogP contribution in [0.4, 0.5) is 19.1 Å². The molecule has 3 rings (SSSR count). The van der Waals surface area contributed by atoms with Gasteiger partial charge in [0, 0.05) is 26.8 Å². The molecule has 2 aromatic carbocycles. The van der Waals surface area contributed by atoms with Gasteiger partial charge < -0.3 is 24.4 Å². The summed E-state index contributed by atoms with van der Waals surface area (Å²) >= 11 is 0. The van der Waals surface area contributed by atoms with Crippen molar-refractivity contribution >= 4 is 11.9 Å².